The smallest absolute Gasteiger partial charge is 0.282 e. The summed E-state index contributed by atoms with van der Waals surface area (Å²) in [5, 5.41) is 4.08. The van der Waals surface area contributed by atoms with E-state index in [0.717, 1.165) is 5.69 Å². The van der Waals surface area contributed by atoms with E-state index < -0.39 is 10.0 Å². The van der Waals surface area contributed by atoms with Gasteiger partial charge in [-0.05, 0) is 35.1 Å². The highest BCUT2D eigenvalue weighted by atomic mass is 79.9. The minimum Gasteiger partial charge on any atom is -0.367 e. The van der Waals surface area contributed by atoms with E-state index in [-0.39, 0.29) is 10.5 Å². The highest BCUT2D eigenvalue weighted by molar-refractivity contribution is 9.10. The van der Waals surface area contributed by atoms with Crippen molar-refractivity contribution in [1.82, 2.24) is 14.5 Å². The summed E-state index contributed by atoms with van der Waals surface area (Å²) in [5.41, 5.74) is 1.25. The van der Waals surface area contributed by atoms with Crippen LogP contribution < -0.4 is 20.1 Å². The number of anilines is 2. The second kappa shape index (κ2) is 7.37. The average molecular weight is 442 g/mol. The first-order valence-corrected chi connectivity index (χ1v) is 10.4. The summed E-state index contributed by atoms with van der Waals surface area (Å²) in [6.07, 6.45) is 1.67. The first kappa shape index (κ1) is 18.9. The monoisotopic (exact) mass is 441 g/mol. The number of sulfonamides is 1. The van der Waals surface area contributed by atoms with Crippen LogP contribution in [0.2, 0.25) is 0 Å². The Morgan fingerprint density at radius 3 is 2.27 bits per heavy atom. The van der Waals surface area contributed by atoms with Crippen LogP contribution in [0.15, 0.2) is 44.6 Å². The van der Waals surface area contributed by atoms with Crippen LogP contribution in [0.1, 0.15) is 0 Å². The number of halogens is 1. The number of benzene rings is 1. The second-order valence-corrected chi connectivity index (χ2v) is 8.57. The molecule has 1 saturated heterocycles. The molecule has 8 nitrogen and oxygen atoms in total. The number of nitrogens with zero attached hydrogens (tertiary/aromatic N) is 4. The molecule has 10 heteroatoms. The molecule has 2 aromatic rings. The molecule has 1 N–H and O–H groups in total. The number of piperazine rings is 1. The van der Waals surface area contributed by atoms with Crippen LogP contribution in [0, 0.1) is 0 Å². The third-order valence-corrected chi connectivity index (χ3v) is 6.65. The van der Waals surface area contributed by atoms with Crippen LogP contribution in [0.5, 0.6) is 0 Å². The van der Waals surface area contributed by atoms with E-state index >= 15 is 0 Å². The predicted octanol–water partition coefficient (Wildman–Crippen LogP) is 0.777. The Bertz CT molecular complexity index is 968. The molecule has 1 aromatic carbocycles. The maximum atomic E-state index is 12.3. The summed E-state index contributed by atoms with van der Waals surface area (Å²) in [5.74, 6) is 0. The van der Waals surface area contributed by atoms with Gasteiger partial charge in [-0.15, -0.1) is 0 Å². The van der Waals surface area contributed by atoms with Gasteiger partial charge in [0.05, 0.1) is 17.6 Å². The Hall–Kier alpha value is -1.91. The summed E-state index contributed by atoms with van der Waals surface area (Å²) in [7, 11) is -0.515. The molecule has 1 aliphatic heterocycles. The number of aromatic nitrogens is 2. The lowest BCUT2D eigenvalue weighted by molar-refractivity contribution is 0.586. The van der Waals surface area contributed by atoms with Crippen LogP contribution in [-0.4, -0.2) is 51.4 Å². The molecule has 0 atom stereocenters. The third-order valence-electron chi connectivity index (χ3n) is 4.44. The molecule has 0 aliphatic carbocycles. The molecule has 1 aliphatic rings. The molecule has 0 unspecified atom stereocenters. The van der Waals surface area contributed by atoms with Crippen molar-refractivity contribution in [2.24, 2.45) is 7.05 Å². The summed E-state index contributed by atoms with van der Waals surface area (Å²) < 4.78 is 28.7. The minimum absolute atomic E-state index is 0.185. The van der Waals surface area contributed by atoms with Gasteiger partial charge in [0.15, 0.2) is 0 Å². The molecule has 1 fully saturated rings. The van der Waals surface area contributed by atoms with Crippen molar-refractivity contribution < 1.29 is 8.42 Å². The van der Waals surface area contributed by atoms with Gasteiger partial charge < -0.3 is 9.80 Å². The van der Waals surface area contributed by atoms with E-state index in [2.05, 4.69) is 30.7 Å². The molecule has 140 valence electrons. The van der Waals surface area contributed by atoms with E-state index in [0.29, 0.717) is 36.3 Å². The topological polar surface area (TPSA) is 87.5 Å². The number of hydrogen-bond donors (Lipinski definition) is 1. The first-order chi connectivity index (χ1) is 12.3. The zero-order chi connectivity index (χ0) is 18.9. The van der Waals surface area contributed by atoms with Gasteiger partial charge >= 0.3 is 0 Å². The molecule has 26 heavy (non-hydrogen) atoms. The largest absolute Gasteiger partial charge is 0.367 e. The molecule has 0 radical (unpaired) electrons. The molecule has 0 spiro atoms. The number of rotatable bonds is 4. The highest BCUT2D eigenvalue weighted by Gasteiger charge is 2.25. The SMILES string of the molecule is CNS(=O)(=O)c1ccccc1N1CCN(c2cnn(C)c(=O)c2Br)CC1. The van der Waals surface area contributed by atoms with Crippen LogP contribution in [-0.2, 0) is 17.1 Å². The summed E-state index contributed by atoms with van der Waals surface area (Å²) in [6.45, 7) is 2.58. The molecule has 0 bridgehead atoms. The van der Waals surface area contributed by atoms with Crippen molar-refractivity contribution in [3.8, 4) is 0 Å². The Morgan fingerprint density at radius 1 is 1.08 bits per heavy atom. The molecule has 1 aromatic heterocycles. The van der Waals surface area contributed by atoms with Crippen molar-refractivity contribution >= 4 is 37.3 Å². The Kier molecular flexibility index (Phi) is 5.35. The molecular weight excluding hydrogens is 422 g/mol. The van der Waals surface area contributed by atoms with Crippen molar-refractivity contribution in [2.75, 3.05) is 43.0 Å². The van der Waals surface area contributed by atoms with E-state index in [1.54, 1.807) is 25.4 Å². The number of para-hydroxylation sites is 1. The molecule has 3 rings (SSSR count). The fraction of sp³-hybridized carbons (Fsp3) is 0.375. The van der Waals surface area contributed by atoms with Gasteiger partial charge in [-0.1, -0.05) is 12.1 Å². The van der Waals surface area contributed by atoms with E-state index in [1.165, 1.54) is 11.7 Å². The molecule has 2 heterocycles. The van der Waals surface area contributed by atoms with Gasteiger partial charge in [0, 0.05) is 33.2 Å². The normalized spacial score (nSPS) is 15.3. The Morgan fingerprint density at radius 2 is 1.65 bits per heavy atom. The summed E-state index contributed by atoms with van der Waals surface area (Å²) >= 11 is 3.36. The maximum Gasteiger partial charge on any atom is 0.282 e. The van der Waals surface area contributed by atoms with E-state index in [4.69, 9.17) is 0 Å². The Labute approximate surface area is 160 Å². The van der Waals surface area contributed by atoms with E-state index in [1.807, 2.05) is 17.0 Å². The highest BCUT2D eigenvalue weighted by Crippen LogP contribution is 2.28. The number of hydrogen-bond acceptors (Lipinski definition) is 6. The van der Waals surface area contributed by atoms with Crippen molar-refractivity contribution in [2.45, 2.75) is 4.90 Å². The van der Waals surface area contributed by atoms with Crippen molar-refractivity contribution in [3.05, 3.63) is 45.3 Å². The van der Waals surface area contributed by atoms with Crippen molar-refractivity contribution in [3.63, 3.8) is 0 Å². The Balaban J connectivity index is 1.82. The molecular formula is C16H20BrN5O3S. The van der Waals surface area contributed by atoms with Crippen LogP contribution in [0.4, 0.5) is 11.4 Å². The lowest BCUT2D eigenvalue weighted by Crippen LogP contribution is -2.47. The third kappa shape index (κ3) is 3.49. The fourth-order valence-corrected chi connectivity index (χ4v) is 4.53. The van der Waals surface area contributed by atoms with E-state index in [9.17, 15) is 13.2 Å². The van der Waals surface area contributed by atoms with Crippen LogP contribution in [0.3, 0.4) is 0 Å². The van der Waals surface area contributed by atoms with Gasteiger partial charge in [-0.3, -0.25) is 4.79 Å². The summed E-state index contributed by atoms with van der Waals surface area (Å²) in [6, 6.07) is 6.97. The zero-order valence-electron chi connectivity index (χ0n) is 14.5. The quantitative estimate of drug-likeness (QED) is 0.753. The minimum atomic E-state index is -3.53. The zero-order valence-corrected chi connectivity index (χ0v) is 16.9. The summed E-state index contributed by atoms with van der Waals surface area (Å²) in [4.78, 5) is 16.4. The maximum absolute atomic E-state index is 12.3. The van der Waals surface area contributed by atoms with Gasteiger partial charge in [-0.2, -0.15) is 5.10 Å². The van der Waals surface area contributed by atoms with Gasteiger partial charge in [0.2, 0.25) is 10.0 Å². The first-order valence-electron chi connectivity index (χ1n) is 8.09. The predicted molar refractivity (Wildman–Crippen MR) is 104 cm³/mol. The number of nitrogens with one attached hydrogen (secondary N) is 1. The average Bonchev–Trinajstić information content (AvgIpc) is 2.66. The van der Waals surface area contributed by atoms with Gasteiger partial charge in [0.1, 0.15) is 9.37 Å². The van der Waals surface area contributed by atoms with Crippen LogP contribution in [0.25, 0.3) is 0 Å². The van der Waals surface area contributed by atoms with Crippen LogP contribution >= 0.6 is 15.9 Å². The fourth-order valence-electron chi connectivity index (χ4n) is 2.97. The van der Waals surface area contributed by atoms with Gasteiger partial charge in [0.25, 0.3) is 5.56 Å². The van der Waals surface area contributed by atoms with Gasteiger partial charge in [-0.25, -0.2) is 17.8 Å². The standard InChI is InChI=1S/C16H20BrN5O3S/c1-18-26(24,25)14-6-4-3-5-12(14)21-7-9-22(10-8-21)13-11-19-20(2)16(23)15(13)17/h3-6,11,18H,7-10H2,1-2H3. The lowest BCUT2D eigenvalue weighted by atomic mass is 10.2. The molecule has 0 amide bonds. The van der Waals surface area contributed by atoms with Crippen molar-refractivity contribution in [1.29, 1.82) is 0 Å². The number of aryl methyl sites for hydroxylation is 1. The second-order valence-electron chi connectivity index (χ2n) is 5.92. The molecule has 0 saturated carbocycles. The lowest BCUT2D eigenvalue weighted by Gasteiger charge is -2.38.